The monoisotopic (exact) mass is 183 g/mol. The fourth-order valence-corrected chi connectivity index (χ4v) is 0.776. The minimum atomic E-state index is 0.436. The average Bonchev–Trinajstić information content (AvgIpc) is 2.16. The molecule has 6 nitrogen and oxygen atoms in total. The number of nitroso groups, excluding NO2 is 1. The molecule has 0 radical (unpaired) electrons. The zero-order valence-corrected chi connectivity index (χ0v) is 7.01. The van der Waals surface area contributed by atoms with Crippen molar-refractivity contribution in [1.29, 1.82) is 0 Å². The van der Waals surface area contributed by atoms with E-state index in [2.05, 4.69) is 15.2 Å². The molecule has 0 bridgehead atoms. The van der Waals surface area contributed by atoms with Gasteiger partial charge in [-0.3, -0.25) is 0 Å². The minimum Gasteiger partial charge on any atom is -0.399 e. The average molecular weight is 183 g/mol. The molecule has 0 unspecified atom stereocenters. The van der Waals surface area contributed by atoms with E-state index in [1.165, 1.54) is 7.11 Å². The zero-order valence-electron chi connectivity index (χ0n) is 7.01. The summed E-state index contributed by atoms with van der Waals surface area (Å²) in [5.41, 5.74) is 6.47. The Morgan fingerprint density at radius 2 is 2.00 bits per heavy atom. The van der Waals surface area contributed by atoms with Crippen LogP contribution in [0.3, 0.4) is 0 Å². The summed E-state index contributed by atoms with van der Waals surface area (Å²) >= 11 is 0. The van der Waals surface area contributed by atoms with Crippen LogP contribution >= 0.6 is 0 Å². The molecule has 0 spiro atoms. The fraction of sp³-hybridized carbons (Fsp3) is 0.143. The number of nitrogens with two attached hydrogens (primary N) is 1. The first-order chi connectivity index (χ1) is 6.27. The van der Waals surface area contributed by atoms with E-state index in [1.54, 1.807) is 24.3 Å². The van der Waals surface area contributed by atoms with Gasteiger partial charge in [-0.05, 0) is 24.3 Å². The Morgan fingerprint density at radius 1 is 1.38 bits per heavy atom. The van der Waals surface area contributed by atoms with E-state index in [4.69, 9.17) is 5.73 Å². The Bertz CT molecular complexity index is 275. The summed E-state index contributed by atoms with van der Waals surface area (Å²) in [6.07, 6.45) is 0. The number of nitrogen functional groups attached to an aromatic ring is 1. The van der Waals surface area contributed by atoms with Gasteiger partial charge in [-0.15, -0.1) is 4.91 Å². The van der Waals surface area contributed by atoms with Crippen LogP contribution in [0.2, 0.25) is 0 Å². The molecule has 2 N–H and O–H groups in total. The number of anilines is 2. The van der Waals surface area contributed by atoms with Crippen molar-refractivity contribution in [3.05, 3.63) is 29.2 Å². The second-order valence-electron chi connectivity index (χ2n) is 2.19. The number of nitrogens with zero attached hydrogens (tertiary/aromatic N) is 2. The Hall–Kier alpha value is -1.66. The van der Waals surface area contributed by atoms with Gasteiger partial charge in [0.2, 0.25) is 0 Å². The third kappa shape index (κ3) is 2.39. The van der Waals surface area contributed by atoms with Gasteiger partial charge < -0.3 is 5.73 Å². The van der Waals surface area contributed by atoms with Crippen molar-refractivity contribution in [3.8, 4) is 0 Å². The maximum absolute atomic E-state index is 10.2. The van der Waals surface area contributed by atoms with Crippen LogP contribution in [0.1, 0.15) is 0 Å². The standard InChI is InChI=1S/C7H9N3O3/c1-12-13-10(9-11)7-4-2-6(8)3-5-7/h2-5H,8H2,1H3. The SMILES string of the molecule is COON(N=O)c1ccc(N)cc1. The zero-order chi connectivity index (χ0) is 9.68. The molecule has 1 aromatic carbocycles. The molecule has 1 rings (SSSR count). The van der Waals surface area contributed by atoms with Crippen LogP contribution in [0.15, 0.2) is 29.6 Å². The Balaban J connectivity index is 2.79. The van der Waals surface area contributed by atoms with Crippen LogP contribution in [0.25, 0.3) is 0 Å². The molecule has 0 aliphatic carbocycles. The highest BCUT2D eigenvalue weighted by atomic mass is 17.3. The topological polar surface area (TPSA) is 77.2 Å². The van der Waals surface area contributed by atoms with Crippen LogP contribution in [0, 0.1) is 4.91 Å². The Kier molecular flexibility index (Phi) is 3.18. The van der Waals surface area contributed by atoms with Gasteiger partial charge in [-0.25, -0.2) is 4.89 Å². The molecular formula is C7H9N3O3. The first kappa shape index (κ1) is 9.43. The van der Waals surface area contributed by atoms with E-state index in [0.717, 1.165) is 0 Å². The van der Waals surface area contributed by atoms with E-state index in [9.17, 15) is 4.91 Å². The molecule has 6 heteroatoms. The van der Waals surface area contributed by atoms with Crippen molar-refractivity contribution < 1.29 is 9.88 Å². The maximum atomic E-state index is 10.2. The molecule has 70 valence electrons. The van der Waals surface area contributed by atoms with Gasteiger partial charge in [0.25, 0.3) is 0 Å². The number of hydrogen-bond donors (Lipinski definition) is 1. The van der Waals surface area contributed by atoms with Gasteiger partial charge in [0.15, 0.2) is 0 Å². The largest absolute Gasteiger partial charge is 0.399 e. The summed E-state index contributed by atoms with van der Waals surface area (Å²) in [4.78, 5) is 18.9. The quantitative estimate of drug-likeness (QED) is 0.329. The van der Waals surface area contributed by atoms with Crippen molar-refractivity contribution in [2.24, 2.45) is 5.29 Å². The summed E-state index contributed by atoms with van der Waals surface area (Å²) in [6.45, 7) is 0. The van der Waals surface area contributed by atoms with Crippen LogP contribution < -0.4 is 10.9 Å². The molecule has 0 heterocycles. The smallest absolute Gasteiger partial charge is 0.0966 e. The van der Waals surface area contributed by atoms with Gasteiger partial charge in [0.05, 0.1) is 18.1 Å². The van der Waals surface area contributed by atoms with Crippen LogP contribution in [0.5, 0.6) is 0 Å². The van der Waals surface area contributed by atoms with Crippen molar-refractivity contribution in [2.75, 3.05) is 18.0 Å². The third-order valence-electron chi connectivity index (χ3n) is 1.33. The van der Waals surface area contributed by atoms with Gasteiger partial charge >= 0.3 is 0 Å². The molecular weight excluding hydrogens is 174 g/mol. The second kappa shape index (κ2) is 4.39. The summed E-state index contributed by atoms with van der Waals surface area (Å²) in [6, 6.07) is 6.39. The van der Waals surface area contributed by atoms with E-state index in [-0.39, 0.29) is 0 Å². The lowest BCUT2D eigenvalue weighted by Gasteiger charge is -2.10. The van der Waals surface area contributed by atoms with Crippen LogP contribution in [0.4, 0.5) is 11.4 Å². The van der Waals surface area contributed by atoms with E-state index < -0.39 is 0 Å². The second-order valence-corrected chi connectivity index (χ2v) is 2.19. The van der Waals surface area contributed by atoms with E-state index in [1.807, 2.05) is 0 Å². The molecule has 0 amide bonds. The highest BCUT2D eigenvalue weighted by Gasteiger charge is 2.06. The lowest BCUT2D eigenvalue weighted by molar-refractivity contribution is -0.283. The van der Waals surface area contributed by atoms with Gasteiger partial charge in [-0.1, -0.05) is 10.2 Å². The first-order valence-electron chi connectivity index (χ1n) is 3.47. The molecule has 13 heavy (non-hydrogen) atoms. The fourth-order valence-electron chi connectivity index (χ4n) is 0.776. The van der Waals surface area contributed by atoms with Crippen molar-refractivity contribution in [3.63, 3.8) is 0 Å². The van der Waals surface area contributed by atoms with Gasteiger partial charge in [0, 0.05) is 5.69 Å². The molecule has 0 saturated carbocycles. The highest BCUT2D eigenvalue weighted by molar-refractivity contribution is 5.50. The summed E-state index contributed by atoms with van der Waals surface area (Å²) in [5.74, 6) is 0. The lowest BCUT2D eigenvalue weighted by atomic mass is 10.3. The lowest BCUT2D eigenvalue weighted by Crippen LogP contribution is -2.14. The molecule has 0 fully saturated rings. The number of hydrogen-bond acceptors (Lipinski definition) is 5. The van der Waals surface area contributed by atoms with Crippen molar-refractivity contribution in [2.45, 2.75) is 0 Å². The molecule has 0 saturated heterocycles. The van der Waals surface area contributed by atoms with Crippen molar-refractivity contribution >= 4 is 11.4 Å². The normalized spacial score (nSPS) is 9.62. The minimum absolute atomic E-state index is 0.436. The van der Waals surface area contributed by atoms with Gasteiger partial charge in [0.1, 0.15) is 0 Å². The number of benzene rings is 1. The van der Waals surface area contributed by atoms with Gasteiger partial charge in [-0.2, -0.15) is 0 Å². The predicted octanol–water partition coefficient (Wildman–Crippen LogP) is 1.25. The van der Waals surface area contributed by atoms with Crippen LogP contribution in [-0.4, -0.2) is 7.11 Å². The molecule has 0 aliphatic heterocycles. The predicted molar refractivity (Wildman–Crippen MR) is 47.2 cm³/mol. The number of rotatable bonds is 4. The summed E-state index contributed by atoms with van der Waals surface area (Å²) < 4.78 is 0. The van der Waals surface area contributed by atoms with E-state index >= 15 is 0 Å². The Morgan fingerprint density at radius 3 is 2.46 bits per heavy atom. The molecule has 0 aliphatic rings. The van der Waals surface area contributed by atoms with Crippen molar-refractivity contribution in [1.82, 2.24) is 0 Å². The summed E-state index contributed by atoms with van der Waals surface area (Å²) in [7, 11) is 1.27. The highest BCUT2D eigenvalue weighted by Crippen LogP contribution is 2.16. The maximum Gasteiger partial charge on any atom is 0.0966 e. The molecule has 1 aromatic rings. The van der Waals surface area contributed by atoms with Crippen LogP contribution in [-0.2, 0) is 9.88 Å². The Labute approximate surface area is 74.7 Å². The summed E-state index contributed by atoms with van der Waals surface area (Å²) in [5, 5.41) is 3.27. The molecule has 0 aromatic heterocycles. The van der Waals surface area contributed by atoms with E-state index in [0.29, 0.717) is 16.5 Å². The third-order valence-corrected chi connectivity index (χ3v) is 1.33. The first-order valence-corrected chi connectivity index (χ1v) is 3.47. The molecule has 0 atom stereocenters.